The number of hydrogen-bond acceptors (Lipinski definition) is 6. The van der Waals surface area contributed by atoms with Gasteiger partial charge in [-0.05, 0) is 50.5 Å². The smallest absolute Gasteiger partial charge is 0.255 e. The maximum Gasteiger partial charge on any atom is 0.255 e. The average molecular weight is 538 g/mol. The van der Waals surface area contributed by atoms with Gasteiger partial charge in [0, 0.05) is 43.2 Å². The Balaban J connectivity index is 1.82. The number of carbonyl (C=O) groups excluding carboxylic acids is 4. The molecule has 210 valence electrons. The predicted molar refractivity (Wildman–Crippen MR) is 147 cm³/mol. The topological polar surface area (TPSA) is 139 Å². The van der Waals surface area contributed by atoms with E-state index in [-0.39, 0.29) is 55.2 Å². The fourth-order valence-electron chi connectivity index (χ4n) is 4.27. The number of aromatic nitrogens is 1. The second-order valence-corrected chi connectivity index (χ2v) is 10.8. The Labute approximate surface area is 229 Å². The molecule has 1 aromatic heterocycles. The minimum absolute atomic E-state index is 0.0174. The van der Waals surface area contributed by atoms with Gasteiger partial charge in [-0.1, -0.05) is 32.0 Å². The van der Waals surface area contributed by atoms with Crippen molar-refractivity contribution in [2.24, 2.45) is 5.92 Å². The van der Waals surface area contributed by atoms with Crippen LogP contribution in [0.2, 0.25) is 0 Å². The lowest BCUT2D eigenvalue weighted by Gasteiger charge is -2.29. The van der Waals surface area contributed by atoms with Crippen molar-refractivity contribution < 1.29 is 23.9 Å². The number of nitrogens with zero attached hydrogens (tertiary/aromatic N) is 1. The van der Waals surface area contributed by atoms with E-state index in [2.05, 4.69) is 26.3 Å². The van der Waals surface area contributed by atoms with E-state index < -0.39 is 23.4 Å². The molecule has 2 atom stereocenters. The quantitative estimate of drug-likeness (QED) is 0.461. The molecule has 0 saturated heterocycles. The van der Waals surface area contributed by atoms with Crippen molar-refractivity contribution in [3.05, 3.63) is 59.9 Å². The molecule has 0 radical (unpaired) electrons. The number of nitrogens with one attached hydrogen (secondary N) is 4. The highest BCUT2D eigenvalue weighted by atomic mass is 16.5. The van der Waals surface area contributed by atoms with Crippen molar-refractivity contribution in [2.75, 3.05) is 13.2 Å². The van der Waals surface area contributed by atoms with Crippen LogP contribution >= 0.6 is 0 Å². The maximum absolute atomic E-state index is 13.3. The molecule has 0 saturated carbocycles. The van der Waals surface area contributed by atoms with Crippen LogP contribution in [0.15, 0.2) is 48.7 Å². The molecule has 4 amide bonds. The second kappa shape index (κ2) is 13.7. The van der Waals surface area contributed by atoms with Crippen molar-refractivity contribution in [3.8, 4) is 5.75 Å². The molecule has 1 aromatic carbocycles. The highest BCUT2D eigenvalue weighted by Gasteiger charge is 2.29. The Morgan fingerprint density at radius 1 is 1.08 bits per heavy atom. The summed E-state index contributed by atoms with van der Waals surface area (Å²) >= 11 is 0. The van der Waals surface area contributed by atoms with Crippen molar-refractivity contribution in [1.82, 2.24) is 26.3 Å². The third-order valence-corrected chi connectivity index (χ3v) is 6.47. The summed E-state index contributed by atoms with van der Waals surface area (Å²) < 4.78 is 6.01. The largest absolute Gasteiger partial charge is 0.491 e. The first-order valence-corrected chi connectivity index (χ1v) is 13.3. The van der Waals surface area contributed by atoms with E-state index in [0.717, 1.165) is 5.69 Å². The summed E-state index contributed by atoms with van der Waals surface area (Å²) in [7, 11) is 0. The summed E-state index contributed by atoms with van der Waals surface area (Å²) in [5.74, 6) is -1.02. The SMILES string of the molecule is CC(C)[C@@H]1COc2ccccc2C(=O)N[C@H](C(=O)NCCc2ccccn2)CCC(=O)NC(C)(C)CC(=O)N1. The summed E-state index contributed by atoms with van der Waals surface area (Å²) in [5, 5.41) is 11.5. The van der Waals surface area contributed by atoms with Crippen LogP contribution in [0.4, 0.5) is 0 Å². The van der Waals surface area contributed by atoms with E-state index in [4.69, 9.17) is 4.74 Å². The monoisotopic (exact) mass is 537 g/mol. The molecule has 3 rings (SSSR count). The molecule has 0 fully saturated rings. The third kappa shape index (κ3) is 9.38. The molecule has 10 heteroatoms. The molecule has 2 aromatic rings. The minimum atomic E-state index is -0.956. The predicted octanol–water partition coefficient (Wildman–Crippen LogP) is 2.14. The van der Waals surface area contributed by atoms with E-state index >= 15 is 0 Å². The van der Waals surface area contributed by atoms with Gasteiger partial charge in [0.1, 0.15) is 18.4 Å². The fraction of sp³-hybridized carbons (Fsp3) is 0.483. The molecule has 0 unspecified atom stereocenters. The number of fused-ring (bicyclic) bond motifs is 1. The van der Waals surface area contributed by atoms with E-state index in [1.807, 2.05) is 32.0 Å². The lowest BCUT2D eigenvalue weighted by atomic mass is 9.98. The number of ether oxygens (including phenoxy) is 1. The zero-order chi connectivity index (χ0) is 28.4. The maximum atomic E-state index is 13.3. The van der Waals surface area contributed by atoms with E-state index in [1.54, 1.807) is 44.3 Å². The molecule has 4 N–H and O–H groups in total. The van der Waals surface area contributed by atoms with Crippen LogP contribution in [0.5, 0.6) is 5.75 Å². The van der Waals surface area contributed by atoms with Gasteiger partial charge < -0.3 is 26.0 Å². The first-order valence-electron chi connectivity index (χ1n) is 13.3. The van der Waals surface area contributed by atoms with Crippen molar-refractivity contribution >= 4 is 23.6 Å². The van der Waals surface area contributed by atoms with Gasteiger partial charge >= 0.3 is 0 Å². The van der Waals surface area contributed by atoms with Crippen LogP contribution in [0.3, 0.4) is 0 Å². The van der Waals surface area contributed by atoms with Gasteiger partial charge in [0.15, 0.2) is 0 Å². The number of pyridine rings is 1. The fourth-order valence-corrected chi connectivity index (χ4v) is 4.27. The molecule has 0 aliphatic carbocycles. The first kappa shape index (κ1) is 29.6. The molecule has 10 nitrogen and oxygen atoms in total. The van der Waals surface area contributed by atoms with Crippen LogP contribution in [0.1, 0.15) is 63.0 Å². The summed E-state index contributed by atoms with van der Waals surface area (Å²) in [6.45, 7) is 7.96. The van der Waals surface area contributed by atoms with E-state index in [0.29, 0.717) is 18.7 Å². The van der Waals surface area contributed by atoms with Crippen molar-refractivity contribution in [2.45, 2.75) is 71.0 Å². The van der Waals surface area contributed by atoms with Crippen LogP contribution in [-0.2, 0) is 20.8 Å². The van der Waals surface area contributed by atoms with Gasteiger partial charge in [-0.15, -0.1) is 0 Å². The number of carbonyl (C=O) groups is 4. The van der Waals surface area contributed by atoms with Gasteiger partial charge in [0.05, 0.1) is 11.6 Å². The molecule has 2 heterocycles. The van der Waals surface area contributed by atoms with Gasteiger partial charge in [0.2, 0.25) is 17.7 Å². The third-order valence-electron chi connectivity index (χ3n) is 6.47. The Bertz CT molecular complexity index is 1150. The number of hydrogen-bond donors (Lipinski definition) is 4. The molecular weight excluding hydrogens is 498 g/mol. The van der Waals surface area contributed by atoms with Gasteiger partial charge in [-0.3, -0.25) is 24.2 Å². The summed E-state index contributed by atoms with van der Waals surface area (Å²) in [6, 6.07) is 11.0. The molecule has 1 aliphatic rings. The summed E-state index contributed by atoms with van der Waals surface area (Å²) in [6.07, 6.45) is 2.35. The zero-order valence-electron chi connectivity index (χ0n) is 23.1. The number of para-hydroxylation sites is 1. The summed E-state index contributed by atoms with van der Waals surface area (Å²) in [4.78, 5) is 56.3. The standard InChI is InChI=1S/C29H39N5O5/c1-19(2)23-18-39-24-11-6-5-10-21(24)27(37)33-22(28(38)31-16-14-20-9-7-8-15-30-20)12-13-25(35)34-29(3,4)17-26(36)32-23/h5-11,15,19,22-23H,12-14,16-18H2,1-4H3,(H,31,38)(H,32,36)(H,33,37)(H,34,35)/t22-,23-/m0/s1. The molecule has 0 spiro atoms. The minimum Gasteiger partial charge on any atom is -0.491 e. The normalized spacial score (nSPS) is 20.6. The second-order valence-electron chi connectivity index (χ2n) is 10.8. The Morgan fingerprint density at radius 3 is 2.54 bits per heavy atom. The van der Waals surface area contributed by atoms with Gasteiger partial charge in [-0.2, -0.15) is 0 Å². The van der Waals surface area contributed by atoms with Gasteiger partial charge in [-0.25, -0.2) is 0 Å². The van der Waals surface area contributed by atoms with Gasteiger partial charge in [0.25, 0.3) is 5.91 Å². The Kier molecular flexibility index (Phi) is 10.4. The lowest BCUT2D eigenvalue weighted by Crippen LogP contribution is -2.51. The molecular formula is C29H39N5O5. The highest BCUT2D eigenvalue weighted by molar-refractivity contribution is 5.99. The number of rotatable bonds is 5. The van der Waals surface area contributed by atoms with E-state index in [9.17, 15) is 19.2 Å². The lowest BCUT2D eigenvalue weighted by molar-refractivity contribution is -0.126. The number of benzene rings is 1. The summed E-state index contributed by atoms with van der Waals surface area (Å²) in [5.41, 5.74) is 0.281. The Hall–Kier alpha value is -3.95. The Morgan fingerprint density at radius 2 is 1.82 bits per heavy atom. The van der Waals surface area contributed by atoms with Crippen LogP contribution in [0, 0.1) is 5.92 Å². The zero-order valence-corrected chi connectivity index (χ0v) is 23.1. The van der Waals surface area contributed by atoms with Crippen LogP contribution < -0.4 is 26.0 Å². The number of amides is 4. The van der Waals surface area contributed by atoms with Crippen molar-refractivity contribution in [1.29, 1.82) is 0 Å². The van der Waals surface area contributed by atoms with Crippen molar-refractivity contribution in [3.63, 3.8) is 0 Å². The van der Waals surface area contributed by atoms with Crippen LogP contribution in [0.25, 0.3) is 0 Å². The van der Waals surface area contributed by atoms with Crippen LogP contribution in [-0.4, -0.2) is 59.4 Å². The molecule has 1 aliphatic heterocycles. The molecule has 39 heavy (non-hydrogen) atoms. The average Bonchev–Trinajstić information content (AvgIpc) is 2.88. The first-order chi connectivity index (χ1) is 18.5. The molecule has 0 bridgehead atoms. The highest BCUT2D eigenvalue weighted by Crippen LogP contribution is 2.20. The van der Waals surface area contributed by atoms with E-state index in [1.165, 1.54) is 0 Å².